The molecule has 3 fully saturated rings. The average molecular weight is 1290 g/mol. The van der Waals surface area contributed by atoms with Crippen LogP contribution < -0.4 is 4.74 Å². The van der Waals surface area contributed by atoms with Gasteiger partial charge in [-0.25, -0.2) is 9.78 Å². The lowest BCUT2D eigenvalue weighted by Gasteiger charge is -2.50. The molecule has 5 heterocycles. The highest BCUT2D eigenvalue weighted by atomic mass is 35.5. The number of aromatic nitrogens is 2. The number of imidazole rings is 1. The smallest absolute Gasteiger partial charge is 0.329 e. The van der Waals surface area contributed by atoms with Gasteiger partial charge in [-0.3, -0.25) is 14.2 Å². The molecule has 23 nitrogen and oxygen atoms in total. The van der Waals surface area contributed by atoms with Gasteiger partial charge in [-0.2, -0.15) is 0 Å². The van der Waals surface area contributed by atoms with Crippen LogP contribution in [0, 0.1) is 23.7 Å². The molecule has 26 heteroatoms. The van der Waals surface area contributed by atoms with Crippen LogP contribution in [0.5, 0.6) is 5.75 Å². The molecule has 1 aromatic heterocycles. The molecule has 1 aromatic carbocycles. The fraction of sp³-hybridized carbons (Fsp3) is 0.721. The SMILES string of the molecule is CCCN(CCOc1c(Cl)cc(Cl)cc1Cl)C(=O)n1ccnc1.CC[C@H]1OC(=O)C[C@@H](O)[C@H](C)[C@@H](O[C@@H]2O[C@H](C)[C@@H](O[C@H]3C[C@@](C)(O)[C@@H](O)[C@H](C)O3)[C@H](N(C)C)[C@H]2O)[C@@H](CC=O)C[C@@H](C)C(=O)/C=C/C(C)=C/C1CO[C@@H]1O[C@H](C)[C@H](O)[C@@H](OC)[C@H]1OC. The highest BCUT2D eigenvalue weighted by molar-refractivity contribution is 6.40. The van der Waals surface area contributed by atoms with E-state index in [0.717, 1.165) is 12.7 Å². The summed E-state index contributed by atoms with van der Waals surface area (Å²) in [6.07, 6.45) is -3.01. The summed E-state index contributed by atoms with van der Waals surface area (Å²) < 4.78 is 61.7. The number of benzene rings is 1. The molecule has 0 spiro atoms. The fourth-order valence-corrected chi connectivity index (χ4v) is 12.5. The van der Waals surface area contributed by atoms with E-state index in [9.17, 15) is 44.7 Å². The standard InChI is InChI=1S/C46H77NO17.C15H16Cl3N3O2/c1-13-33-30(22-58-45-42(57-12)41(56-11)37(52)26(5)60-45)18-23(2)14-15-31(49)24(3)19-29(16-17-48)39(25(4)32(50)20-34(51)62-33)64-44-38(53)36(47(9)10)40(27(6)61-44)63-35-21-46(8,55)43(54)28(7)59-35;1-2-4-20(15(22)21-5-3-19-10-21)6-7-23-14-12(17)8-11(16)9-13(14)18/h14-15,17-18,24-30,32-33,35-45,50,52-55H,13,16,19-22H2,1-12H3;3,5,8-10H,2,4,6-7H2,1H3/b15-14+,23-18+;/t24-,25+,26-,27-,28+,29+,30?,32-,33-,35+,36-,37+,38-,39-,40-,41-,42-,43+,44+,45-,46-;/m1./s1. The molecule has 3 saturated heterocycles. The molecule has 21 atom stereocenters. The van der Waals surface area contributed by atoms with Crippen LogP contribution >= 0.6 is 34.8 Å². The van der Waals surface area contributed by atoms with Crippen LogP contribution in [0.3, 0.4) is 0 Å². The van der Waals surface area contributed by atoms with Gasteiger partial charge >= 0.3 is 12.0 Å². The summed E-state index contributed by atoms with van der Waals surface area (Å²) in [5.74, 6) is -3.22. The normalized spacial score (nSPS) is 36.6. The van der Waals surface area contributed by atoms with Crippen LogP contribution in [0.15, 0.2) is 54.7 Å². The van der Waals surface area contributed by atoms with Gasteiger partial charge in [0, 0.05) is 68.8 Å². The Morgan fingerprint density at radius 3 is 2.13 bits per heavy atom. The Morgan fingerprint density at radius 1 is 0.874 bits per heavy atom. The zero-order chi connectivity index (χ0) is 64.6. The maximum Gasteiger partial charge on any atom is 0.329 e. The number of likely N-dealkylation sites (N-methyl/N-ethyl adjacent to an activating group) is 1. The Morgan fingerprint density at radius 2 is 1.54 bits per heavy atom. The quantitative estimate of drug-likeness (QED) is 0.0747. The second-order valence-corrected chi connectivity index (χ2v) is 24.8. The molecular formula is C61H93Cl3N4O19. The second-order valence-electron chi connectivity index (χ2n) is 23.5. The second kappa shape index (κ2) is 34.6. The lowest BCUT2D eigenvalue weighted by molar-refractivity contribution is -0.341. The van der Waals surface area contributed by atoms with Crippen LogP contribution in [0.2, 0.25) is 15.1 Å². The molecule has 5 N–H and O–H groups in total. The van der Waals surface area contributed by atoms with Crippen LogP contribution in [0.25, 0.3) is 0 Å². The van der Waals surface area contributed by atoms with Crippen molar-refractivity contribution in [2.45, 2.75) is 205 Å². The lowest BCUT2D eigenvalue weighted by atomic mass is 9.79. The third kappa shape index (κ3) is 20.1. The molecule has 0 radical (unpaired) electrons. The molecule has 4 aliphatic rings. The number of carbonyl (C=O) groups is 4. The number of carbonyl (C=O) groups excluding carboxylic acids is 4. The van der Waals surface area contributed by atoms with Crippen molar-refractivity contribution in [3.63, 3.8) is 0 Å². The van der Waals surface area contributed by atoms with Crippen molar-refractivity contribution in [2.75, 3.05) is 54.6 Å². The Labute approximate surface area is 526 Å². The number of nitrogens with zero attached hydrogens (tertiary/aromatic N) is 4. The maximum atomic E-state index is 13.8. The highest BCUT2D eigenvalue weighted by Gasteiger charge is 2.52. The van der Waals surface area contributed by atoms with E-state index in [-0.39, 0.29) is 44.3 Å². The van der Waals surface area contributed by atoms with Gasteiger partial charge in [-0.1, -0.05) is 80.2 Å². The number of aliphatic hydroxyl groups excluding tert-OH is 4. The van der Waals surface area contributed by atoms with Crippen molar-refractivity contribution in [1.82, 2.24) is 19.4 Å². The monoisotopic (exact) mass is 1290 g/mol. The first-order valence-electron chi connectivity index (χ1n) is 29.7. The van der Waals surface area contributed by atoms with Crippen LogP contribution in [0.4, 0.5) is 4.79 Å². The van der Waals surface area contributed by atoms with E-state index in [2.05, 4.69) is 4.98 Å². The van der Waals surface area contributed by atoms with E-state index in [0.29, 0.717) is 45.9 Å². The van der Waals surface area contributed by atoms with Crippen molar-refractivity contribution in [3.05, 3.63) is 69.7 Å². The van der Waals surface area contributed by atoms with E-state index in [4.69, 9.17) is 82.2 Å². The molecule has 1 amide bonds. The van der Waals surface area contributed by atoms with Gasteiger partial charge in [0.15, 0.2) is 30.4 Å². The van der Waals surface area contributed by atoms with Gasteiger partial charge in [0.1, 0.15) is 61.9 Å². The minimum absolute atomic E-state index is 0.00788. The number of hydrogen-bond donors (Lipinski definition) is 5. The summed E-state index contributed by atoms with van der Waals surface area (Å²) in [5.41, 5.74) is -0.806. The summed E-state index contributed by atoms with van der Waals surface area (Å²) in [5, 5.41) is 56.9. The molecular weight excluding hydrogens is 1200 g/mol. The molecule has 87 heavy (non-hydrogen) atoms. The largest absolute Gasteiger partial charge is 0.489 e. The number of allylic oxidation sites excluding steroid dienone is 3. The van der Waals surface area contributed by atoms with Gasteiger partial charge in [0.05, 0.1) is 71.8 Å². The highest BCUT2D eigenvalue weighted by Crippen LogP contribution is 2.39. The zero-order valence-corrected chi connectivity index (χ0v) is 54.5. The number of aldehydes is 1. The number of esters is 1. The predicted molar refractivity (Wildman–Crippen MR) is 322 cm³/mol. The molecule has 2 aromatic rings. The summed E-state index contributed by atoms with van der Waals surface area (Å²) in [4.78, 5) is 59.4. The van der Waals surface area contributed by atoms with Crippen molar-refractivity contribution >= 4 is 58.9 Å². The van der Waals surface area contributed by atoms with Crippen LogP contribution in [-0.2, 0) is 57.0 Å². The molecule has 4 aliphatic heterocycles. The predicted octanol–water partition coefficient (Wildman–Crippen LogP) is 6.44. The number of amides is 1. The summed E-state index contributed by atoms with van der Waals surface area (Å²) in [6.45, 7) is 16.9. The molecule has 492 valence electrons. The molecule has 0 bridgehead atoms. The maximum absolute atomic E-state index is 13.8. The third-order valence-corrected chi connectivity index (χ3v) is 17.3. The third-order valence-electron chi connectivity index (χ3n) is 16.5. The number of hydrogen-bond acceptors (Lipinski definition) is 21. The van der Waals surface area contributed by atoms with Crippen molar-refractivity contribution in [1.29, 1.82) is 0 Å². The van der Waals surface area contributed by atoms with E-state index >= 15 is 0 Å². The minimum Gasteiger partial charge on any atom is -0.489 e. The number of methoxy groups -OCH3 is 2. The molecule has 6 rings (SSSR count). The number of rotatable bonds is 19. The fourth-order valence-electron chi connectivity index (χ4n) is 11.5. The van der Waals surface area contributed by atoms with Gasteiger partial charge in [-0.15, -0.1) is 0 Å². The van der Waals surface area contributed by atoms with Crippen molar-refractivity contribution in [3.8, 4) is 5.75 Å². The molecule has 1 unspecified atom stereocenters. The summed E-state index contributed by atoms with van der Waals surface area (Å²) in [6, 6.07) is 2.22. The first-order chi connectivity index (χ1) is 41.1. The zero-order valence-electron chi connectivity index (χ0n) is 52.2. The molecule has 0 saturated carbocycles. The Bertz CT molecular complexity index is 2520. The Hall–Kier alpha value is -3.70. The van der Waals surface area contributed by atoms with E-state index < -0.39 is 140 Å². The number of halogens is 3. The van der Waals surface area contributed by atoms with Gasteiger partial charge < -0.3 is 87.5 Å². The molecule has 0 aliphatic carbocycles. The number of ether oxygens (including phenoxy) is 10. The van der Waals surface area contributed by atoms with Gasteiger partial charge in [-0.05, 0) is 92.1 Å². The minimum atomic E-state index is -1.49. The van der Waals surface area contributed by atoms with E-state index in [1.165, 1.54) is 38.1 Å². The van der Waals surface area contributed by atoms with Crippen LogP contribution in [0.1, 0.15) is 101 Å². The number of aliphatic hydroxyl groups is 5. The average Bonchev–Trinajstić information content (AvgIpc) is 2.32. The topological polar surface area (TPSA) is 286 Å². The number of cyclic esters (lactones) is 1. The van der Waals surface area contributed by atoms with Crippen molar-refractivity contribution in [2.24, 2.45) is 23.7 Å². The first-order valence-corrected chi connectivity index (χ1v) is 30.9. The lowest BCUT2D eigenvalue weighted by Crippen LogP contribution is -2.65. The summed E-state index contributed by atoms with van der Waals surface area (Å²) in [7, 11) is 6.43. The summed E-state index contributed by atoms with van der Waals surface area (Å²) >= 11 is 18.0. The van der Waals surface area contributed by atoms with E-state index in [1.54, 1.807) is 89.1 Å². The Balaban J connectivity index is 0.000000499. The van der Waals surface area contributed by atoms with Crippen molar-refractivity contribution < 1.29 is 92.1 Å². The van der Waals surface area contributed by atoms with E-state index in [1.807, 2.05) is 26.8 Å². The number of ketones is 1. The Kier molecular flexibility index (Phi) is 29.5. The first kappa shape index (κ1) is 74.0. The van der Waals surface area contributed by atoms with Gasteiger partial charge in [0.2, 0.25) is 0 Å². The van der Waals surface area contributed by atoms with Gasteiger partial charge in [0.25, 0.3) is 0 Å². The van der Waals surface area contributed by atoms with Crippen LogP contribution in [-0.4, -0.2) is 227 Å².